The van der Waals surface area contributed by atoms with Crippen LogP contribution in [-0.4, -0.2) is 37.3 Å². The number of carbonyl (C=O) groups is 2. The van der Waals surface area contributed by atoms with Gasteiger partial charge in [-0.1, -0.05) is 18.2 Å². The molecule has 0 heterocycles. The standard InChI is InChI=1S/C18H14O7/c19-13(4-1-10-2-5-14(20)16(22)8-10)12(18(24)25)7-11-3-6-15(21)17(23)9-11/h1-9,20-23H,(H,24,25)/b4-1+,12-7+. The van der Waals surface area contributed by atoms with Gasteiger partial charge in [0.2, 0.25) is 0 Å². The van der Waals surface area contributed by atoms with Gasteiger partial charge in [0.1, 0.15) is 5.57 Å². The molecule has 128 valence electrons. The molecule has 0 amide bonds. The van der Waals surface area contributed by atoms with Gasteiger partial charge in [0.05, 0.1) is 0 Å². The summed E-state index contributed by atoms with van der Waals surface area (Å²) in [5, 5.41) is 46.5. The molecule has 0 atom stereocenters. The lowest BCUT2D eigenvalue weighted by Crippen LogP contribution is -2.09. The molecule has 2 rings (SSSR count). The van der Waals surface area contributed by atoms with Crippen molar-refractivity contribution in [3.8, 4) is 23.0 Å². The molecule has 25 heavy (non-hydrogen) atoms. The average molecular weight is 342 g/mol. The van der Waals surface area contributed by atoms with E-state index in [0.717, 1.165) is 18.2 Å². The SMILES string of the molecule is O=C(O)/C(=C/c1ccc(O)c(O)c1)C(=O)/C=C/c1ccc(O)c(O)c1. The maximum absolute atomic E-state index is 12.1. The van der Waals surface area contributed by atoms with Crippen LogP contribution in [0.25, 0.3) is 12.2 Å². The number of aromatic hydroxyl groups is 4. The first-order valence-electron chi connectivity index (χ1n) is 6.99. The Morgan fingerprint density at radius 2 is 1.28 bits per heavy atom. The maximum atomic E-state index is 12.1. The number of hydrogen-bond acceptors (Lipinski definition) is 6. The third kappa shape index (κ3) is 4.38. The Balaban J connectivity index is 2.29. The number of hydrogen-bond donors (Lipinski definition) is 5. The monoisotopic (exact) mass is 342 g/mol. The number of aliphatic carboxylic acids is 1. The van der Waals surface area contributed by atoms with E-state index >= 15 is 0 Å². The highest BCUT2D eigenvalue weighted by molar-refractivity contribution is 6.25. The molecule has 0 spiro atoms. The first-order valence-corrected chi connectivity index (χ1v) is 6.99. The molecule has 0 radical (unpaired) electrons. The summed E-state index contributed by atoms with van der Waals surface area (Å²) in [6, 6.07) is 7.50. The van der Waals surface area contributed by atoms with Crippen molar-refractivity contribution in [1.29, 1.82) is 0 Å². The van der Waals surface area contributed by atoms with Crippen molar-refractivity contribution in [3.63, 3.8) is 0 Å². The number of benzene rings is 2. The van der Waals surface area contributed by atoms with Crippen LogP contribution in [0.1, 0.15) is 11.1 Å². The normalized spacial score (nSPS) is 11.6. The highest BCUT2D eigenvalue weighted by atomic mass is 16.4. The van der Waals surface area contributed by atoms with Gasteiger partial charge in [-0.25, -0.2) is 4.79 Å². The predicted molar refractivity (Wildman–Crippen MR) is 89.2 cm³/mol. The Morgan fingerprint density at radius 1 is 0.760 bits per heavy atom. The van der Waals surface area contributed by atoms with E-state index in [1.54, 1.807) is 0 Å². The van der Waals surface area contributed by atoms with Crippen LogP contribution in [-0.2, 0) is 9.59 Å². The Bertz CT molecular complexity index is 894. The number of carboxylic acid groups (broad SMARTS) is 1. The summed E-state index contributed by atoms with van der Waals surface area (Å²) in [6.07, 6.45) is 3.35. The molecule has 2 aromatic rings. The van der Waals surface area contributed by atoms with Crippen LogP contribution in [0.15, 0.2) is 48.0 Å². The minimum atomic E-state index is -1.46. The molecule has 0 aromatic heterocycles. The summed E-state index contributed by atoms with van der Waals surface area (Å²) in [6.45, 7) is 0. The van der Waals surface area contributed by atoms with Gasteiger partial charge in [0, 0.05) is 0 Å². The zero-order chi connectivity index (χ0) is 18.6. The summed E-state index contributed by atoms with van der Waals surface area (Å²) in [5.41, 5.74) is 0.0525. The number of phenolic OH excluding ortho intramolecular Hbond substituents is 4. The van der Waals surface area contributed by atoms with Crippen molar-refractivity contribution in [1.82, 2.24) is 0 Å². The molecule has 0 bridgehead atoms. The molecule has 2 aromatic carbocycles. The van der Waals surface area contributed by atoms with Gasteiger partial charge in [0.25, 0.3) is 0 Å². The molecule has 0 aliphatic heterocycles. The molecule has 0 aliphatic rings. The zero-order valence-corrected chi connectivity index (χ0v) is 12.7. The van der Waals surface area contributed by atoms with Crippen LogP contribution < -0.4 is 0 Å². The topological polar surface area (TPSA) is 135 Å². The van der Waals surface area contributed by atoms with Gasteiger partial charge >= 0.3 is 5.97 Å². The molecule has 7 heteroatoms. The highest BCUT2D eigenvalue weighted by Gasteiger charge is 2.15. The lowest BCUT2D eigenvalue weighted by atomic mass is 10.1. The van der Waals surface area contributed by atoms with E-state index in [-0.39, 0.29) is 22.8 Å². The van der Waals surface area contributed by atoms with Crippen LogP contribution in [0.5, 0.6) is 23.0 Å². The second-order valence-electron chi connectivity index (χ2n) is 5.06. The summed E-state index contributed by atoms with van der Waals surface area (Å²) < 4.78 is 0. The van der Waals surface area contributed by atoms with E-state index in [2.05, 4.69) is 0 Å². The first kappa shape index (κ1) is 17.6. The number of carboxylic acids is 1. The molecule has 0 fully saturated rings. The number of carbonyl (C=O) groups excluding carboxylic acids is 1. The van der Waals surface area contributed by atoms with E-state index in [1.165, 1.54) is 36.4 Å². The lowest BCUT2D eigenvalue weighted by Gasteiger charge is -2.02. The Hall–Kier alpha value is -3.74. The number of rotatable bonds is 5. The number of allylic oxidation sites excluding steroid dienone is 1. The molecule has 0 unspecified atom stereocenters. The van der Waals surface area contributed by atoms with Crippen LogP contribution in [0.3, 0.4) is 0 Å². The van der Waals surface area contributed by atoms with Crippen LogP contribution in [0, 0.1) is 0 Å². The Morgan fingerprint density at radius 3 is 1.80 bits per heavy atom. The second kappa shape index (κ2) is 7.22. The third-order valence-corrected chi connectivity index (χ3v) is 3.23. The summed E-state index contributed by atoms with van der Waals surface area (Å²) in [5.74, 6) is -3.78. The fourth-order valence-electron chi connectivity index (χ4n) is 1.94. The lowest BCUT2D eigenvalue weighted by molar-refractivity contribution is -0.133. The van der Waals surface area contributed by atoms with E-state index in [1.807, 2.05) is 0 Å². The Kier molecular flexibility index (Phi) is 5.09. The van der Waals surface area contributed by atoms with E-state index in [0.29, 0.717) is 5.56 Å². The molecule has 0 saturated heterocycles. The van der Waals surface area contributed by atoms with E-state index < -0.39 is 23.1 Å². The maximum Gasteiger partial charge on any atom is 0.339 e. The van der Waals surface area contributed by atoms with Crippen molar-refractivity contribution < 1.29 is 35.1 Å². The molecular formula is C18H14O7. The van der Waals surface area contributed by atoms with Crippen molar-refractivity contribution >= 4 is 23.9 Å². The van der Waals surface area contributed by atoms with Gasteiger partial charge in [-0.15, -0.1) is 0 Å². The van der Waals surface area contributed by atoms with Gasteiger partial charge in [-0.3, -0.25) is 4.79 Å². The highest BCUT2D eigenvalue weighted by Crippen LogP contribution is 2.27. The van der Waals surface area contributed by atoms with Gasteiger partial charge in [0.15, 0.2) is 28.8 Å². The fourth-order valence-corrected chi connectivity index (χ4v) is 1.94. The summed E-state index contributed by atoms with van der Waals surface area (Å²) in [4.78, 5) is 23.4. The van der Waals surface area contributed by atoms with Gasteiger partial charge in [-0.2, -0.15) is 0 Å². The smallest absolute Gasteiger partial charge is 0.339 e. The fraction of sp³-hybridized carbons (Fsp3) is 0. The molecule has 0 aliphatic carbocycles. The summed E-state index contributed by atoms with van der Waals surface area (Å²) >= 11 is 0. The molecule has 7 nitrogen and oxygen atoms in total. The number of ketones is 1. The van der Waals surface area contributed by atoms with Crippen molar-refractivity contribution in [2.45, 2.75) is 0 Å². The van der Waals surface area contributed by atoms with E-state index in [4.69, 9.17) is 0 Å². The van der Waals surface area contributed by atoms with Crippen molar-refractivity contribution in [3.05, 3.63) is 59.2 Å². The molecule has 5 N–H and O–H groups in total. The van der Waals surface area contributed by atoms with Crippen LogP contribution in [0.4, 0.5) is 0 Å². The van der Waals surface area contributed by atoms with Crippen molar-refractivity contribution in [2.24, 2.45) is 0 Å². The quantitative estimate of drug-likeness (QED) is 0.243. The average Bonchev–Trinajstić information content (AvgIpc) is 2.56. The molecule has 0 saturated carbocycles. The third-order valence-electron chi connectivity index (χ3n) is 3.23. The van der Waals surface area contributed by atoms with E-state index in [9.17, 15) is 35.1 Å². The number of phenols is 4. The largest absolute Gasteiger partial charge is 0.504 e. The van der Waals surface area contributed by atoms with Crippen molar-refractivity contribution in [2.75, 3.05) is 0 Å². The first-order chi connectivity index (χ1) is 11.8. The Labute approximate surface area is 142 Å². The van der Waals surface area contributed by atoms with Gasteiger partial charge in [-0.05, 0) is 47.5 Å². The minimum absolute atomic E-state index is 0.219. The minimum Gasteiger partial charge on any atom is -0.504 e. The van der Waals surface area contributed by atoms with Gasteiger partial charge < -0.3 is 25.5 Å². The predicted octanol–water partition coefficient (Wildman–Crippen LogP) is 2.26. The molecular weight excluding hydrogens is 328 g/mol. The second-order valence-corrected chi connectivity index (χ2v) is 5.06. The van der Waals surface area contributed by atoms with Crippen LogP contribution in [0.2, 0.25) is 0 Å². The van der Waals surface area contributed by atoms with Crippen LogP contribution >= 0.6 is 0 Å². The summed E-state index contributed by atoms with van der Waals surface area (Å²) in [7, 11) is 0. The zero-order valence-electron chi connectivity index (χ0n) is 12.7.